The number of urea groups is 1. The minimum Gasteiger partial charge on any atom is -0.396 e. The molecule has 2 atom stereocenters. The zero-order valence-corrected chi connectivity index (χ0v) is 13.2. The predicted molar refractivity (Wildman–Crippen MR) is 89.9 cm³/mol. The maximum absolute atomic E-state index is 12.2. The summed E-state index contributed by atoms with van der Waals surface area (Å²) in [4.78, 5) is 16.5. The van der Waals surface area contributed by atoms with Crippen LogP contribution in [0.1, 0.15) is 31.2 Å². The van der Waals surface area contributed by atoms with Crippen molar-refractivity contribution < 1.29 is 9.90 Å². The van der Waals surface area contributed by atoms with Gasteiger partial charge >= 0.3 is 6.03 Å². The largest absolute Gasteiger partial charge is 0.396 e. The van der Waals surface area contributed by atoms with Gasteiger partial charge in [-0.15, -0.1) is 0 Å². The number of benzene rings is 1. The molecule has 1 aliphatic rings. The minimum absolute atomic E-state index is 0.0722. The highest BCUT2D eigenvalue weighted by atomic mass is 16.3. The van der Waals surface area contributed by atoms with Gasteiger partial charge in [-0.05, 0) is 30.5 Å². The first-order valence-corrected chi connectivity index (χ1v) is 8.26. The Kier molecular flexibility index (Phi) is 5.08. The molecule has 0 aliphatic heterocycles. The van der Waals surface area contributed by atoms with Crippen LogP contribution in [0.2, 0.25) is 0 Å². The average molecular weight is 313 g/mol. The van der Waals surface area contributed by atoms with Gasteiger partial charge in [0.25, 0.3) is 0 Å². The summed E-state index contributed by atoms with van der Waals surface area (Å²) in [6.45, 7) is 0.602. The molecule has 1 aromatic carbocycles. The second-order valence-corrected chi connectivity index (χ2v) is 6.15. The van der Waals surface area contributed by atoms with Crippen molar-refractivity contribution in [1.82, 2.24) is 15.6 Å². The quantitative estimate of drug-likeness (QED) is 0.812. The summed E-state index contributed by atoms with van der Waals surface area (Å²) >= 11 is 0. The Hall–Kier alpha value is -2.14. The number of fused-ring (bicyclic) bond motifs is 1. The second kappa shape index (κ2) is 7.42. The molecule has 3 N–H and O–H groups in total. The Morgan fingerprint density at radius 1 is 1.22 bits per heavy atom. The molecule has 5 heteroatoms. The zero-order valence-electron chi connectivity index (χ0n) is 13.2. The van der Waals surface area contributed by atoms with E-state index in [-0.39, 0.29) is 24.6 Å². The summed E-state index contributed by atoms with van der Waals surface area (Å²) < 4.78 is 0. The topological polar surface area (TPSA) is 74.2 Å². The van der Waals surface area contributed by atoms with Crippen molar-refractivity contribution in [1.29, 1.82) is 0 Å². The minimum atomic E-state index is -0.170. The van der Waals surface area contributed by atoms with E-state index in [1.807, 2.05) is 30.3 Å². The molecule has 0 radical (unpaired) electrons. The van der Waals surface area contributed by atoms with Crippen LogP contribution in [0.5, 0.6) is 0 Å². The van der Waals surface area contributed by atoms with Gasteiger partial charge in [0, 0.05) is 36.7 Å². The monoisotopic (exact) mass is 313 g/mol. The fourth-order valence-corrected chi connectivity index (χ4v) is 3.32. The Morgan fingerprint density at radius 2 is 2.04 bits per heavy atom. The van der Waals surface area contributed by atoms with E-state index in [4.69, 9.17) is 0 Å². The van der Waals surface area contributed by atoms with Crippen LogP contribution in [0.25, 0.3) is 10.9 Å². The molecule has 0 saturated heterocycles. The molecule has 3 rings (SSSR count). The first-order chi connectivity index (χ1) is 11.3. The van der Waals surface area contributed by atoms with E-state index in [9.17, 15) is 9.90 Å². The van der Waals surface area contributed by atoms with Crippen LogP contribution in [-0.4, -0.2) is 28.8 Å². The van der Waals surface area contributed by atoms with Crippen LogP contribution >= 0.6 is 0 Å². The molecule has 1 aromatic heterocycles. The Morgan fingerprint density at radius 3 is 2.91 bits per heavy atom. The highest BCUT2D eigenvalue weighted by Crippen LogP contribution is 2.23. The maximum atomic E-state index is 12.2. The van der Waals surface area contributed by atoms with Crippen LogP contribution in [0.3, 0.4) is 0 Å². The Bertz CT molecular complexity index is 669. The number of aliphatic hydroxyl groups excluding tert-OH is 1. The van der Waals surface area contributed by atoms with Crippen molar-refractivity contribution in [3.05, 3.63) is 42.1 Å². The normalized spacial score (nSPS) is 21.1. The van der Waals surface area contributed by atoms with E-state index in [1.54, 1.807) is 6.20 Å². The summed E-state index contributed by atoms with van der Waals surface area (Å²) in [6, 6.07) is 9.74. The van der Waals surface area contributed by atoms with Gasteiger partial charge in [-0.2, -0.15) is 0 Å². The van der Waals surface area contributed by atoms with E-state index in [2.05, 4.69) is 15.6 Å². The van der Waals surface area contributed by atoms with E-state index in [1.165, 1.54) is 0 Å². The number of aliphatic hydroxyl groups is 1. The van der Waals surface area contributed by atoms with Gasteiger partial charge in [0.05, 0.1) is 5.52 Å². The molecule has 5 nitrogen and oxygen atoms in total. The maximum Gasteiger partial charge on any atom is 0.315 e. The molecule has 2 unspecified atom stereocenters. The molecular weight excluding hydrogens is 290 g/mol. The third-order valence-electron chi connectivity index (χ3n) is 4.64. The molecule has 2 aromatic rings. The number of nitrogens with one attached hydrogen (secondary N) is 2. The lowest BCUT2D eigenvalue weighted by Gasteiger charge is -2.30. The van der Waals surface area contributed by atoms with Gasteiger partial charge < -0.3 is 15.7 Å². The van der Waals surface area contributed by atoms with Crippen molar-refractivity contribution in [2.45, 2.75) is 38.3 Å². The fraction of sp³-hybridized carbons (Fsp3) is 0.444. The van der Waals surface area contributed by atoms with E-state index in [0.717, 1.165) is 42.1 Å². The second-order valence-electron chi connectivity index (χ2n) is 6.15. The van der Waals surface area contributed by atoms with Crippen molar-refractivity contribution in [2.75, 3.05) is 6.61 Å². The predicted octanol–water partition coefficient (Wildman–Crippen LogP) is 2.59. The molecular formula is C18H23N3O2. The van der Waals surface area contributed by atoms with E-state index < -0.39 is 0 Å². The zero-order chi connectivity index (χ0) is 16.1. The summed E-state index contributed by atoms with van der Waals surface area (Å²) in [5.74, 6) is 0.177. The SMILES string of the molecule is O=C(NCc1ccnc2ccccc12)NC1CCCCC1CO. The number of rotatable bonds is 4. The fourth-order valence-electron chi connectivity index (χ4n) is 3.32. The smallest absolute Gasteiger partial charge is 0.315 e. The number of carbonyl (C=O) groups is 1. The first kappa shape index (κ1) is 15.7. The van der Waals surface area contributed by atoms with E-state index >= 15 is 0 Å². The van der Waals surface area contributed by atoms with Crippen LogP contribution in [0.15, 0.2) is 36.5 Å². The van der Waals surface area contributed by atoms with Gasteiger partial charge in [-0.25, -0.2) is 4.79 Å². The number of para-hydroxylation sites is 1. The summed E-state index contributed by atoms with van der Waals surface area (Å²) in [6.07, 6.45) is 5.93. The molecule has 23 heavy (non-hydrogen) atoms. The molecule has 2 amide bonds. The third-order valence-corrected chi connectivity index (χ3v) is 4.64. The number of carbonyl (C=O) groups excluding carboxylic acids is 1. The average Bonchev–Trinajstić information content (AvgIpc) is 2.60. The standard InChI is InChI=1S/C18H23N3O2/c22-12-14-5-1-3-7-16(14)21-18(23)20-11-13-9-10-19-17-8-4-2-6-15(13)17/h2,4,6,8-10,14,16,22H,1,3,5,7,11-12H2,(H2,20,21,23). The van der Waals surface area contributed by atoms with Gasteiger partial charge in [0.2, 0.25) is 0 Å². The Balaban J connectivity index is 1.60. The molecule has 1 saturated carbocycles. The number of nitrogens with zero attached hydrogens (tertiary/aromatic N) is 1. The molecule has 0 spiro atoms. The van der Waals surface area contributed by atoms with Crippen LogP contribution < -0.4 is 10.6 Å². The summed E-state index contributed by atoms with van der Waals surface area (Å²) in [7, 11) is 0. The van der Waals surface area contributed by atoms with Gasteiger partial charge in [0.1, 0.15) is 0 Å². The van der Waals surface area contributed by atoms with E-state index in [0.29, 0.717) is 6.54 Å². The number of hydrogen-bond donors (Lipinski definition) is 3. The van der Waals surface area contributed by atoms with Crippen LogP contribution in [0.4, 0.5) is 4.79 Å². The summed E-state index contributed by atoms with van der Waals surface area (Å²) in [5, 5.41) is 16.4. The van der Waals surface area contributed by atoms with Crippen molar-refractivity contribution >= 4 is 16.9 Å². The summed E-state index contributed by atoms with van der Waals surface area (Å²) in [5.41, 5.74) is 1.98. The number of pyridine rings is 1. The van der Waals surface area contributed by atoms with Crippen molar-refractivity contribution in [3.8, 4) is 0 Å². The lowest BCUT2D eigenvalue weighted by Crippen LogP contribution is -2.47. The lowest BCUT2D eigenvalue weighted by atomic mass is 9.85. The molecule has 0 bridgehead atoms. The highest BCUT2D eigenvalue weighted by Gasteiger charge is 2.25. The number of amides is 2. The molecule has 1 aliphatic carbocycles. The van der Waals surface area contributed by atoms with Crippen molar-refractivity contribution in [2.24, 2.45) is 5.92 Å². The van der Waals surface area contributed by atoms with Gasteiger partial charge in [-0.3, -0.25) is 4.98 Å². The first-order valence-electron chi connectivity index (χ1n) is 8.26. The number of aromatic nitrogens is 1. The van der Waals surface area contributed by atoms with Gasteiger partial charge in [-0.1, -0.05) is 31.0 Å². The van der Waals surface area contributed by atoms with Gasteiger partial charge in [0.15, 0.2) is 0 Å². The molecule has 1 heterocycles. The van der Waals surface area contributed by atoms with Crippen molar-refractivity contribution in [3.63, 3.8) is 0 Å². The molecule has 1 fully saturated rings. The third kappa shape index (κ3) is 3.79. The lowest BCUT2D eigenvalue weighted by molar-refractivity contribution is 0.153. The van der Waals surface area contributed by atoms with Crippen LogP contribution in [0, 0.1) is 5.92 Å². The number of hydrogen-bond acceptors (Lipinski definition) is 3. The molecule has 122 valence electrons. The Labute approximate surface area is 136 Å². The van der Waals surface area contributed by atoms with Crippen LogP contribution in [-0.2, 0) is 6.54 Å². The highest BCUT2D eigenvalue weighted by molar-refractivity contribution is 5.82.